The predicted octanol–water partition coefficient (Wildman–Crippen LogP) is 3.38. The summed E-state index contributed by atoms with van der Waals surface area (Å²) in [6.45, 7) is 3.19. The fourth-order valence-electron chi connectivity index (χ4n) is 3.02. The van der Waals surface area contributed by atoms with Gasteiger partial charge in [0.25, 0.3) is 0 Å². The van der Waals surface area contributed by atoms with Gasteiger partial charge >= 0.3 is 0 Å². The van der Waals surface area contributed by atoms with Crippen LogP contribution in [0, 0.1) is 0 Å². The van der Waals surface area contributed by atoms with E-state index >= 15 is 0 Å². The summed E-state index contributed by atoms with van der Waals surface area (Å²) in [5, 5.41) is 3.57. The highest BCUT2D eigenvalue weighted by Gasteiger charge is 2.20. The summed E-state index contributed by atoms with van der Waals surface area (Å²) in [7, 11) is 3.92. The van der Waals surface area contributed by atoms with Crippen LogP contribution in [0.5, 0.6) is 0 Å². The Kier molecular flexibility index (Phi) is 5.68. The SMILES string of the molecule is CN(C)c1nccc(NC2CCCN(Cc3ccc(Br)cc3)C2)n1. The maximum absolute atomic E-state index is 4.57. The van der Waals surface area contributed by atoms with Gasteiger partial charge in [0.15, 0.2) is 0 Å². The molecule has 0 aliphatic carbocycles. The van der Waals surface area contributed by atoms with Crippen LogP contribution in [0.1, 0.15) is 18.4 Å². The first-order valence-corrected chi connectivity index (χ1v) is 9.13. The third-order valence-electron chi connectivity index (χ3n) is 4.22. The number of benzene rings is 1. The Morgan fingerprint density at radius 1 is 1.25 bits per heavy atom. The molecule has 0 saturated carbocycles. The zero-order valence-corrected chi connectivity index (χ0v) is 15.8. The van der Waals surface area contributed by atoms with Gasteiger partial charge in [-0.05, 0) is 43.1 Å². The van der Waals surface area contributed by atoms with Gasteiger partial charge < -0.3 is 10.2 Å². The van der Waals surface area contributed by atoms with Crippen LogP contribution in [-0.2, 0) is 6.54 Å². The standard InChI is InChI=1S/C18H24BrN5/c1-23(2)18-20-10-9-17(22-18)21-16-4-3-11-24(13-16)12-14-5-7-15(19)8-6-14/h5-10,16H,3-4,11-13H2,1-2H3,(H,20,21,22). The Labute approximate surface area is 152 Å². The largest absolute Gasteiger partial charge is 0.366 e. The molecule has 128 valence electrons. The van der Waals surface area contributed by atoms with E-state index in [1.54, 1.807) is 0 Å². The van der Waals surface area contributed by atoms with Gasteiger partial charge in [-0.2, -0.15) is 4.98 Å². The molecule has 1 unspecified atom stereocenters. The first-order valence-electron chi connectivity index (χ1n) is 8.34. The zero-order valence-electron chi connectivity index (χ0n) is 14.2. The van der Waals surface area contributed by atoms with Gasteiger partial charge in [-0.15, -0.1) is 0 Å². The number of rotatable bonds is 5. The van der Waals surface area contributed by atoms with Gasteiger partial charge in [-0.25, -0.2) is 4.98 Å². The Bertz CT molecular complexity index is 659. The molecule has 1 fully saturated rings. The quantitative estimate of drug-likeness (QED) is 0.848. The second-order valence-electron chi connectivity index (χ2n) is 6.48. The number of halogens is 1. The molecule has 1 atom stereocenters. The van der Waals surface area contributed by atoms with Crippen molar-refractivity contribution in [1.82, 2.24) is 14.9 Å². The molecular formula is C18H24BrN5. The number of aromatic nitrogens is 2. The lowest BCUT2D eigenvalue weighted by Crippen LogP contribution is -2.41. The van der Waals surface area contributed by atoms with E-state index in [0.29, 0.717) is 6.04 Å². The number of piperidine rings is 1. The van der Waals surface area contributed by atoms with Crippen molar-refractivity contribution in [3.63, 3.8) is 0 Å². The van der Waals surface area contributed by atoms with E-state index in [9.17, 15) is 0 Å². The lowest BCUT2D eigenvalue weighted by molar-refractivity contribution is 0.208. The van der Waals surface area contributed by atoms with Crippen LogP contribution in [-0.4, -0.2) is 48.1 Å². The molecule has 2 heterocycles. The van der Waals surface area contributed by atoms with Crippen LogP contribution in [0.25, 0.3) is 0 Å². The normalized spacial score (nSPS) is 18.4. The van der Waals surface area contributed by atoms with Crippen molar-refractivity contribution in [3.05, 3.63) is 46.6 Å². The molecule has 2 aromatic rings. The predicted molar refractivity (Wildman–Crippen MR) is 102 cm³/mol. The van der Waals surface area contributed by atoms with Gasteiger partial charge in [0.2, 0.25) is 5.95 Å². The Hall–Kier alpha value is -1.66. The van der Waals surface area contributed by atoms with Crippen molar-refractivity contribution in [1.29, 1.82) is 0 Å². The van der Waals surface area contributed by atoms with Crippen LogP contribution < -0.4 is 10.2 Å². The molecule has 1 N–H and O–H groups in total. The zero-order chi connectivity index (χ0) is 16.9. The highest BCUT2D eigenvalue weighted by atomic mass is 79.9. The molecule has 1 aliphatic rings. The van der Waals surface area contributed by atoms with Gasteiger partial charge in [0, 0.05) is 43.9 Å². The van der Waals surface area contributed by atoms with Crippen LogP contribution in [0.3, 0.4) is 0 Å². The van der Waals surface area contributed by atoms with Crippen molar-refractivity contribution in [2.24, 2.45) is 0 Å². The molecule has 24 heavy (non-hydrogen) atoms. The first-order chi connectivity index (χ1) is 11.6. The molecule has 0 amide bonds. The summed E-state index contributed by atoms with van der Waals surface area (Å²) in [5.41, 5.74) is 1.36. The molecule has 3 rings (SSSR count). The highest BCUT2D eigenvalue weighted by molar-refractivity contribution is 9.10. The van der Waals surface area contributed by atoms with E-state index in [2.05, 4.69) is 60.4 Å². The molecule has 0 spiro atoms. The summed E-state index contributed by atoms with van der Waals surface area (Å²) >= 11 is 3.49. The van der Waals surface area contributed by atoms with E-state index < -0.39 is 0 Å². The van der Waals surface area contributed by atoms with E-state index in [0.717, 1.165) is 35.9 Å². The maximum Gasteiger partial charge on any atom is 0.226 e. The third-order valence-corrected chi connectivity index (χ3v) is 4.75. The van der Waals surface area contributed by atoms with E-state index in [1.165, 1.54) is 18.4 Å². The van der Waals surface area contributed by atoms with Crippen molar-refractivity contribution in [3.8, 4) is 0 Å². The maximum atomic E-state index is 4.57. The summed E-state index contributed by atoms with van der Waals surface area (Å²) in [5.74, 6) is 1.65. The molecule has 1 aromatic heterocycles. The lowest BCUT2D eigenvalue weighted by atomic mass is 10.0. The summed E-state index contributed by atoms with van der Waals surface area (Å²) in [6, 6.07) is 11.0. The van der Waals surface area contributed by atoms with Crippen molar-refractivity contribution in [2.75, 3.05) is 37.4 Å². The second kappa shape index (κ2) is 7.94. The number of anilines is 2. The minimum absolute atomic E-state index is 0.430. The van der Waals surface area contributed by atoms with Gasteiger partial charge in [-0.3, -0.25) is 4.90 Å². The van der Waals surface area contributed by atoms with Crippen molar-refractivity contribution >= 4 is 27.7 Å². The Morgan fingerprint density at radius 2 is 2.04 bits per heavy atom. The molecule has 1 aromatic carbocycles. The number of nitrogens with zero attached hydrogens (tertiary/aromatic N) is 4. The van der Waals surface area contributed by atoms with Gasteiger partial charge in [0.05, 0.1) is 0 Å². The molecule has 1 saturated heterocycles. The summed E-state index contributed by atoms with van der Waals surface area (Å²) in [6.07, 6.45) is 4.20. The van der Waals surface area contributed by atoms with Crippen LogP contribution in [0.2, 0.25) is 0 Å². The van der Waals surface area contributed by atoms with Gasteiger partial charge in [-0.1, -0.05) is 28.1 Å². The smallest absolute Gasteiger partial charge is 0.226 e. The Morgan fingerprint density at radius 3 is 2.79 bits per heavy atom. The number of likely N-dealkylation sites (tertiary alicyclic amines) is 1. The molecule has 1 aliphatic heterocycles. The second-order valence-corrected chi connectivity index (χ2v) is 7.40. The topological polar surface area (TPSA) is 44.3 Å². The van der Waals surface area contributed by atoms with Crippen molar-refractivity contribution in [2.45, 2.75) is 25.4 Å². The third kappa shape index (κ3) is 4.68. The average molecular weight is 390 g/mol. The van der Waals surface area contributed by atoms with Crippen LogP contribution >= 0.6 is 15.9 Å². The molecular weight excluding hydrogens is 366 g/mol. The average Bonchev–Trinajstić information content (AvgIpc) is 2.57. The van der Waals surface area contributed by atoms with Gasteiger partial charge in [0.1, 0.15) is 5.82 Å². The summed E-state index contributed by atoms with van der Waals surface area (Å²) < 4.78 is 1.13. The van der Waals surface area contributed by atoms with Crippen molar-refractivity contribution < 1.29 is 0 Å². The van der Waals surface area contributed by atoms with Crippen LogP contribution in [0.15, 0.2) is 41.0 Å². The number of hydrogen-bond donors (Lipinski definition) is 1. The fraction of sp³-hybridized carbons (Fsp3) is 0.444. The molecule has 0 radical (unpaired) electrons. The Balaban J connectivity index is 1.59. The minimum Gasteiger partial charge on any atom is -0.366 e. The monoisotopic (exact) mass is 389 g/mol. The molecule has 5 nitrogen and oxygen atoms in total. The van der Waals surface area contributed by atoms with E-state index in [1.807, 2.05) is 31.3 Å². The lowest BCUT2D eigenvalue weighted by Gasteiger charge is -2.33. The number of hydrogen-bond acceptors (Lipinski definition) is 5. The number of nitrogens with one attached hydrogen (secondary N) is 1. The first kappa shape index (κ1) is 17.2. The minimum atomic E-state index is 0.430. The molecule has 0 bridgehead atoms. The fourth-order valence-corrected chi connectivity index (χ4v) is 3.28. The van der Waals surface area contributed by atoms with E-state index in [4.69, 9.17) is 0 Å². The highest BCUT2D eigenvalue weighted by Crippen LogP contribution is 2.19. The van der Waals surface area contributed by atoms with E-state index in [-0.39, 0.29) is 0 Å². The summed E-state index contributed by atoms with van der Waals surface area (Å²) in [4.78, 5) is 13.3. The molecule has 6 heteroatoms. The van der Waals surface area contributed by atoms with Crippen LogP contribution in [0.4, 0.5) is 11.8 Å².